The van der Waals surface area contributed by atoms with Crippen LogP contribution in [-0.4, -0.2) is 32.3 Å². The van der Waals surface area contributed by atoms with Crippen LogP contribution < -0.4 is 11.0 Å². The molecule has 188 valence electrons. The minimum absolute atomic E-state index is 0.0646. The number of hydrogen-bond acceptors (Lipinski definition) is 8. The van der Waals surface area contributed by atoms with Gasteiger partial charge in [-0.15, -0.1) is 11.3 Å². The number of nitro benzene ring substituents is 1. The molecule has 0 unspecified atom stereocenters. The lowest BCUT2D eigenvalue weighted by molar-refractivity contribution is -0.385. The number of benzene rings is 2. The van der Waals surface area contributed by atoms with Gasteiger partial charge in [0.25, 0.3) is 17.2 Å². The monoisotopic (exact) mass is 553 g/mol. The Bertz CT molecular complexity index is 1600. The molecule has 2 aromatic heterocycles. The van der Waals surface area contributed by atoms with Crippen molar-refractivity contribution in [2.75, 3.05) is 5.75 Å². The number of aromatic nitrogens is 2. The maximum absolute atomic E-state index is 13.7. The summed E-state index contributed by atoms with van der Waals surface area (Å²) in [6.45, 7) is 0. The van der Waals surface area contributed by atoms with Gasteiger partial charge in [-0.3, -0.25) is 24.3 Å². The number of hydrazone groups is 1. The highest BCUT2D eigenvalue weighted by molar-refractivity contribution is 7.99. The number of nitrogens with one attached hydrogen (secondary N) is 1. The van der Waals surface area contributed by atoms with Gasteiger partial charge in [0.05, 0.1) is 33.5 Å². The van der Waals surface area contributed by atoms with Gasteiger partial charge in [-0.05, 0) is 61.6 Å². The average Bonchev–Trinajstić information content (AvgIpc) is 3.27. The van der Waals surface area contributed by atoms with Crippen LogP contribution in [0.15, 0.2) is 63.6 Å². The van der Waals surface area contributed by atoms with E-state index in [1.807, 2.05) is 0 Å². The number of halogens is 1. The fraction of sp³-hybridized carbons (Fsp3) is 0.200. The van der Waals surface area contributed by atoms with E-state index in [1.54, 1.807) is 47.7 Å². The SMILES string of the molecule is O=C(CSc1nc2sc3c(c2c(=O)n1-c1ccc(Cl)cc1)CCCC3)NN=Cc1ccccc1[N+](=O)[O-]. The summed E-state index contributed by atoms with van der Waals surface area (Å²) in [5.74, 6) is -0.507. The van der Waals surface area contributed by atoms with Crippen molar-refractivity contribution in [3.05, 3.63) is 90.0 Å². The number of thioether (sulfide) groups is 1. The van der Waals surface area contributed by atoms with Crippen molar-refractivity contribution in [2.24, 2.45) is 5.10 Å². The summed E-state index contributed by atoms with van der Waals surface area (Å²) in [5.41, 5.74) is 4.07. The molecule has 37 heavy (non-hydrogen) atoms. The van der Waals surface area contributed by atoms with E-state index < -0.39 is 10.8 Å². The average molecular weight is 554 g/mol. The number of fused-ring (bicyclic) bond motifs is 3. The Balaban J connectivity index is 1.42. The molecule has 0 bridgehead atoms. The molecule has 5 rings (SSSR count). The maximum atomic E-state index is 13.7. The van der Waals surface area contributed by atoms with Gasteiger partial charge in [0, 0.05) is 16.0 Å². The predicted octanol–water partition coefficient (Wildman–Crippen LogP) is 5.13. The van der Waals surface area contributed by atoms with Gasteiger partial charge in [-0.2, -0.15) is 5.10 Å². The summed E-state index contributed by atoms with van der Waals surface area (Å²) < 4.78 is 1.52. The van der Waals surface area contributed by atoms with Crippen molar-refractivity contribution in [1.82, 2.24) is 15.0 Å². The number of aryl methyl sites for hydroxylation is 2. The standard InChI is InChI=1S/C25H20ClN5O4S2/c26-16-9-11-17(12-10-16)30-24(33)22-18-6-2-4-8-20(18)37-23(22)28-25(30)36-14-21(32)29-27-13-15-5-1-3-7-19(15)31(34)35/h1,3,5,7,9-13H,2,4,6,8,14H2,(H,29,32). The predicted molar refractivity (Wildman–Crippen MR) is 146 cm³/mol. The number of nitro groups is 1. The molecule has 1 aliphatic carbocycles. The third-order valence-electron chi connectivity index (χ3n) is 5.90. The number of carbonyl (C=O) groups excluding carboxylic acids is 1. The van der Waals surface area contributed by atoms with E-state index in [2.05, 4.69) is 10.5 Å². The van der Waals surface area contributed by atoms with E-state index in [0.717, 1.165) is 43.0 Å². The third kappa shape index (κ3) is 5.29. The molecule has 0 saturated heterocycles. The highest BCUT2D eigenvalue weighted by Crippen LogP contribution is 2.35. The molecular weight excluding hydrogens is 534 g/mol. The summed E-state index contributed by atoms with van der Waals surface area (Å²) in [6.07, 6.45) is 5.17. The van der Waals surface area contributed by atoms with Gasteiger partial charge in [0.15, 0.2) is 5.16 Å². The molecule has 1 amide bonds. The van der Waals surface area contributed by atoms with E-state index in [9.17, 15) is 19.7 Å². The van der Waals surface area contributed by atoms with Crippen LogP contribution >= 0.6 is 34.7 Å². The number of amides is 1. The van der Waals surface area contributed by atoms with Crippen LogP contribution in [-0.2, 0) is 17.6 Å². The number of para-hydroxylation sites is 1. The van der Waals surface area contributed by atoms with Crippen molar-refractivity contribution in [3.8, 4) is 5.69 Å². The van der Waals surface area contributed by atoms with Crippen LogP contribution in [0.5, 0.6) is 0 Å². The fourth-order valence-corrected chi connectivity index (χ4v) is 6.43. The first-order chi connectivity index (χ1) is 17.9. The Morgan fingerprint density at radius 2 is 1.97 bits per heavy atom. The number of carbonyl (C=O) groups is 1. The summed E-state index contributed by atoms with van der Waals surface area (Å²) in [7, 11) is 0. The first-order valence-electron chi connectivity index (χ1n) is 11.4. The van der Waals surface area contributed by atoms with E-state index >= 15 is 0 Å². The molecule has 0 spiro atoms. The quantitative estimate of drug-likeness (QED) is 0.111. The molecule has 2 aromatic carbocycles. The number of nitrogens with zero attached hydrogens (tertiary/aromatic N) is 4. The second-order valence-electron chi connectivity index (χ2n) is 8.30. The first-order valence-corrected chi connectivity index (χ1v) is 13.6. The molecule has 2 heterocycles. The minimum atomic E-state index is -0.515. The number of hydrogen-bond donors (Lipinski definition) is 1. The van der Waals surface area contributed by atoms with E-state index in [0.29, 0.717) is 26.1 Å². The Hall–Kier alpha value is -3.54. The lowest BCUT2D eigenvalue weighted by Gasteiger charge is -2.13. The Morgan fingerprint density at radius 1 is 1.22 bits per heavy atom. The molecule has 1 aliphatic rings. The summed E-state index contributed by atoms with van der Waals surface area (Å²) in [4.78, 5) is 43.6. The van der Waals surface area contributed by atoms with Crippen LogP contribution in [0.4, 0.5) is 5.69 Å². The Morgan fingerprint density at radius 3 is 2.76 bits per heavy atom. The molecule has 0 fully saturated rings. The van der Waals surface area contributed by atoms with Crippen molar-refractivity contribution in [2.45, 2.75) is 30.8 Å². The number of thiophene rings is 1. The highest BCUT2D eigenvalue weighted by atomic mass is 35.5. The van der Waals surface area contributed by atoms with Crippen LogP contribution in [0, 0.1) is 10.1 Å². The first kappa shape index (κ1) is 25.1. The van der Waals surface area contributed by atoms with E-state index in [4.69, 9.17) is 16.6 Å². The zero-order chi connectivity index (χ0) is 25.9. The van der Waals surface area contributed by atoms with Crippen LogP contribution in [0.2, 0.25) is 5.02 Å². The zero-order valence-corrected chi connectivity index (χ0v) is 21.7. The Kier molecular flexibility index (Phi) is 7.36. The topological polar surface area (TPSA) is 119 Å². The summed E-state index contributed by atoms with van der Waals surface area (Å²) in [5, 5.41) is 16.6. The fourth-order valence-electron chi connectivity index (χ4n) is 4.20. The normalized spacial score (nSPS) is 13.1. The van der Waals surface area contributed by atoms with Gasteiger partial charge >= 0.3 is 0 Å². The molecule has 0 saturated carbocycles. The molecular formula is C25H20ClN5O4S2. The van der Waals surface area contributed by atoms with Gasteiger partial charge < -0.3 is 0 Å². The van der Waals surface area contributed by atoms with Gasteiger partial charge in [0.2, 0.25) is 0 Å². The van der Waals surface area contributed by atoms with Crippen LogP contribution in [0.25, 0.3) is 15.9 Å². The lowest BCUT2D eigenvalue weighted by atomic mass is 9.97. The van der Waals surface area contributed by atoms with Crippen molar-refractivity contribution in [1.29, 1.82) is 0 Å². The third-order valence-corrected chi connectivity index (χ3v) is 8.28. The molecule has 12 heteroatoms. The van der Waals surface area contributed by atoms with E-state index in [-0.39, 0.29) is 22.6 Å². The van der Waals surface area contributed by atoms with Gasteiger partial charge in [-0.1, -0.05) is 35.5 Å². The summed E-state index contributed by atoms with van der Waals surface area (Å²) in [6, 6.07) is 13.0. The largest absolute Gasteiger partial charge is 0.278 e. The van der Waals surface area contributed by atoms with Gasteiger partial charge in [0.1, 0.15) is 4.83 Å². The number of rotatable bonds is 7. The highest BCUT2D eigenvalue weighted by Gasteiger charge is 2.23. The zero-order valence-electron chi connectivity index (χ0n) is 19.3. The molecule has 1 N–H and O–H groups in total. The van der Waals surface area contributed by atoms with Crippen molar-refractivity contribution >= 4 is 62.7 Å². The molecule has 4 aromatic rings. The van der Waals surface area contributed by atoms with Crippen LogP contribution in [0.3, 0.4) is 0 Å². The maximum Gasteiger partial charge on any atom is 0.278 e. The van der Waals surface area contributed by atoms with Crippen molar-refractivity contribution < 1.29 is 9.72 Å². The van der Waals surface area contributed by atoms with Gasteiger partial charge in [-0.25, -0.2) is 10.4 Å². The Labute approximate surface area is 224 Å². The van der Waals surface area contributed by atoms with E-state index in [1.165, 1.54) is 27.8 Å². The smallest absolute Gasteiger partial charge is 0.272 e. The van der Waals surface area contributed by atoms with Crippen LogP contribution in [0.1, 0.15) is 28.8 Å². The van der Waals surface area contributed by atoms with Crippen molar-refractivity contribution in [3.63, 3.8) is 0 Å². The molecule has 0 atom stereocenters. The second kappa shape index (κ2) is 10.8. The molecule has 0 aliphatic heterocycles. The molecule has 9 nitrogen and oxygen atoms in total. The minimum Gasteiger partial charge on any atom is -0.272 e. The summed E-state index contributed by atoms with van der Waals surface area (Å²) >= 11 is 8.72. The lowest BCUT2D eigenvalue weighted by Crippen LogP contribution is -2.24. The molecule has 0 radical (unpaired) electrons. The second-order valence-corrected chi connectivity index (χ2v) is 10.8.